The fraction of sp³-hybridized carbons (Fsp3) is 0.526. The van der Waals surface area contributed by atoms with Crippen LogP contribution in [-0.4, -0.2) is 46.4 Å². The van der Waals surface area contributed by atoms with Gasteiger partial charge in [0.1, 0.15) is 0 Å². The molecule has 0 radical (unpaired) electrons. The van der Waals surface area contributed by atoms with Crippen LogP contribution in [0, 0.1) is 13.8 Å². The van der Waals surface area contributed by atoms with Crippen LogP contribution in [0.3, 0.4) is 0 Å². The molecule has 1 N–H and O–H groups in total. The number of amides is 2. The van der Waals surface area contributed by atoms with E-state index in [1.165, 1.54) is 11.1 Å². The SMILES string of the molecule is Cc1cccc(C2COC3(CCN(C(=O)Nc4nnc(C)o4)CC3)C2)c1. The number of benzene rings is 1. The molecule has 2 aliphatic rings. The molecule has 7 heteroatoms. The van der Waals surface area contributed by atoms with Crippen LogP contribution < -0.4 is 5.32 Å². The third kappa shape index (κ3) is 3.44. The lowest BCUT2D eigenvalue weighted by Gasteiger charge is -2.38. The normalized spacial score (nSPS) is 21.9. The van der Waals surface area contributed by atoms with Crippen molar-refractivity contribution in [2.24, 2.45) is 0 Å². The predicted octanol–water partition coefficient (Wildman–Crippen LogP) is 3.26. The lowest BCUT2D eigenvalue weighted by Crippen LogP contribution is -2.47. The lowest BCUT2D eigenvalue weighted by molar-refractivity contribution is -0.0355. The summed E-state index contributed by atoms with van der Waals surface area (Å²) in [6, 6.07) is 8.62. The lowest BCUT2D eigenvalue weighted by atomic mass is 9.83. The Balaban J connectivity index is 1.34. The Morgan fingerprint density at radius 3 is 2.77 bits per heavy atom. The molecular weight excluding hydrogens is 332 g/mol. The van der Waals surface area contributed by atoms with Crippen molar-refractivity contribution in [2.45, 2.75) is 44.6 Å². The van der Waals surface area contributed by atoms with E-state index in [0.717, 1.165) is 25.9 Å². The third-order valence-electron chi connectivity index (χ3n) is 5.42. The standard InChI is InChI=1S/C19H24N4O3/c1-13-4-3-5-15(10-13)16-11-19(25-12-16)6-8-23(9-7-19)18(24)20-17-22-21-14(2)26-17/h3-5,10,16H,6-9,11-12H2,1-2H3,(H,20,22,24). The first-order valence-electron chi connectivity index (χ1n) is 9.10. The van der Waals surface area contributed by atoms with Crippen molar-refractivity contribution >= 4 is 12.0 Å². The maximum Gasteiger partial charge on any atom is 0.325 e. The van der Waals surface area contributed by atoms with E-state index in [2.05, 4.69) is 46.7 Å². The van der Waals surface area contributed by atoms with Crippen molar-refractivity contribution in [1.29, 1.82) is 0 Å². The van der Waals surface area contributed by atoms with Crippen molar-refractivity contribution in [1.82, 2.24) is 15.1 Å². The van der Waals surface area contributed by atoms with Gasteiger partial charge in [-0.15, -0.1) is 5.10 Å². The van der Waals surface area contributed by atoms with Crippen molar-refractivity contribution in [3.63, 3.8) is 0 Å². The van der Waals surface area contributed by atoms with Gasteiger partial charge in [-0.05, 0) is 31.7 Å². The van der Waals surface area contributed by atoms with E-state index in [-0.39, 0.29) is 17.6 Å². The van der Waals surface area contributed by atoms with Gasteiger partial charge < -0.3 is 14.1 Å². The highest BCUT2D eigenvalue weighted by Crippen LogP contribution is 2.42. The van der Waals surface area contributed by atoms with Gasteiger partial charge in [0.2, 0.25) is 5.89 Å². The molecule has 2 aromatic rings. The summed E-state index contributed by atoms with van der Waals surface area (Å²) in [4.78, 5) is 14.1. The average molecular weight is 356 g/mol. The summed E-state index contributed by atoms with van der Waals surface area (Å²) in [5.41, 5.74) is 2.53. The number of carbonyl (C=O) groups is 1. The second kappa shape index (κ2) is 6.72. The van der Waals surface area contributed by atoms with Gasteiger partial charge in [0, 0.05) is 25.9 Å². The highest BCUT2D eigenvalue weighted by Gasteiger charge is 2.43. The molecule has 1 unspecified atom stereocenters. The van der Waals surface area contributed by atoms with Gasteiger partial charge in [-0.25, -0.2) is 4.79 Å². The zero-order chi connectivity index (χ0) is 18.1. The van der Waals surface area contributed by atoms with E-state index < -0.39 is 0 Å². The first-order valence-corrected chi connectivity index (χ1v) is 9.10. The molecule has 0 bridgehead atoms. The number of hydrogen-bond donors (Lipinski definition) is 1. The molecule has 2 saturated heterocycles. The molecular formula is C19H24N4O3. The Morgan fingerprint density at radius 1 is 1.27 bits per heavy atom. The highest BCUT2D eigenvalue weighted by molar-refractivity contribution is 5.87. The first kappa shape index (κ1) is 17.0. The van der Waals surface area contributed by atoms with Gasteiger partial charge in [0.05, 0.1) is 12.2 Å². The number of carbonyl (C=O) groups excluding carboxylic acids is 1. The second-order valence-corrected chi connectivity index (χ2v) is 7.35. The number of nitrogens with zero attached hydrogens (tertiary/aromatic N) is 3. The first-order chi connectivity index (χ1) is 12.5. The summed E-state index contributed by atoms with van der Waals surface area (Å²) in [5.74, 6) is 0.871. The number of aromatic nitrogens is 2. The molecule has 7 nitrogen and oxygen atoms in total. The number of piperidine rings is 1. The minimum Gasteiger partial charge on any atom is -0.408 e. The van der Waals surface area contributed by atoms with Gasteiger partial charge in [-0.2, -0.15) is 0 Å². The minimum absolute atomic E-state index is 0.105. The Bertz CT molecular complexity index is 796. The van der Waals surface area contributed by atoms with Crippen LogP contribution in [0.5, 0.6) is 0 Å². The number of urea groups is 1. The molecule has 1 aromatic heterocycles. The largest absolute Gasteiger partial charge is 0.408 e. The molecule has 2 aliphatic heterocycles. The Kier molecular flexibility index (Phi) is 4.40. The van der Waals surface area contributed by atoms with Crippen LogP contribution >= 0.6 is 0 Å². The van der Waals surface area contributed by atoms with Gasteiger partial charge >= 0.3 is 12.0 Å². The Hall–Kier alpha value is -2.41. The zero-order valence-corrected chi connectivity index (χ0v) is 15.2. The average Bonchev–Trinajstić information content (AvgIpc) is 3.22. The summed E-state index contributed by atoms with van der Waals surface area (Å²) in [5, 5.41) is 10.2. The Labute approximate surface area is 152 Å². The van der Waals surface area contributed by atoms with E-state index in [1.54, 1.807) is 11.8 Å². The van der Waals surface area contributed by atoms with E-state index in [9.17, 15) is 4.79 Å². The fourth-order valence-electron chi connectivity index (χ4n) is 3.97. The van der Waals surface area contributed by atoms with Crippen LogP contribution in [0.1, 0.15) is 42.2 Å². The molecule has 0 aliphatic carbocycles. The van der Waals surface area contributed by atoms with E-state index in [1.807, 2.05) is 0 Å². The smallest absolute Gasteiger partial charge is 0.325 e. The van der Waals surface area contributed by atoms with E-state index in [4.69, 9.17) is 9.15 Å². The van der Waals surface area contributed by atoms with E-state index in [0.29, 0.717) is 24.9 Å². The van der Waals surface area contributed by atoms with Crippen LogP contribution in [0.2, 0.25) is 0 Å². The molecule has 0 saturated carbocycles. The fourth-order valence-corrected chi connectivity index (χ4v) is 3.97. The summed E-state index contributed by atoms with van der Waals surface area (Å²) in [6.45, 7) is 5.91. The number of hydrogen-bond acceptors (Lipinski definition) is 5. The van der Waals surface area contributed by atoms with Gasteiger partial charge in [0.25, 0.3) is 0 Å². The third-order valence-corrected chi connectivity index (χ3v) is 5.42. The molecule has 1 aromatic carbocycles. The Morgan fingerprint density at radius 2 is 2.08 bits per heavy atom. The summed E-state index contributed by atoms with van der Waals surface area (Å²) in [7, 11) is 0. The monoisotopic (exact) mass is 356 g/mol. The maximum absolute atomic E-state index is 12.3. The highest BCUT2D eigenvalue weighted by atomic mass is 16.5. The van der Waals surface area contributed by atoms with Gasteiger partial charge in [0.15, 0.2) is 0 Å². The van der Waals surface area contributed by atoms with Crippen molar-refractivity contribution in [3.05, 3.63) is 41.3 Å². The van der Waals surface area contributed by atoms with Crippen LogP contribution in [0.15, 0.2) is 28.7 Å². The quantitative estimate of drug-likeness (QED) is 0.893. The number of rotatable bonds is 2. The molecule has 1 spiro atoms. The number of anilines is 1. The summed E-state index contributed by atoms with van der Waals surface area (Å²) < 4.78 is 11.4. The summed E-state index contributed by atoms with van der Waals surface area (Å²) in [6.07, 6.45) is 2.73. The molecule has 1 atom stereocenters. The minimum atomic E-state index is -0.197. The summed E-state index contributed by atoms with van der Waals surface area (Å²) >= 11 is 0. The molecule has 138 valence electrons. The van der Waals surface area contributed by atoms with Gasteiger partial charge in [-0.3, -0.25) is 5.32 Å². The van der Waals surface area contributed by atoms with E-state index >= 15 is 0 Å². The molecule has 4 rings (SSSR count). The molecule has 26 heavy (non-hydrogen) atoms. The number of nitrogens with one attached hydrogen (secondary N) is 1. The maximum atomic E-state index is 12.3. The van der Waals surface area contributed by atoms with Crippen molar-refractivity contribution < 1.29 is 13.9 Å². The van der Waals surface area contributed by atoms with Crippen LogP contribution in [-0.2, 0) is 4.74 Å². The number of aryl methyl sites for hydroxylation is 2. The van der Waals surface area contributed by atoms with Crippen molar-refractivity contribution in [3.8, 4) is 0 Å². The topological polar surface area (TPSA) is 80.5 Å². The molecule has 2 fully saturated rings. The molecule has 3 heterocycles. The number of ether oxygens (including phenoxy) is 1. The van der Waals surface area contributed by atoms with Crippen LogP contribution in [0.4, 0.5) is 10.8 Å². The zero-order valence-electron chi connectivity index (χ0n) is 15.2. The van der Waals surface area contributed by atoms with Crippen molar-refractivity contribution in [2.75, 3.05) is 25.0 Å². The van der Waals surface area contributed by atoms with Crippen LogP contribution in [0.25, 0.3) is 0 Å². The second-order valence-electron chi connectivity index (χ2n) is 7.35. The molecule has 2 amide bonds. The predicted molar refractivity (Wildman–Crippen MR) is 96.1 cm³/mol. The van der Waals surface area contributed by atoms with Gasteiger partial charge in [-0.1, -0.05) is 34.9 Å². The number of likely N-dealkylation sites (tertiary alicyclic amines) is 1.